The van der Waals surface area contributed by atoms with Crippen LogP contribution in [0.15, 0.2) is 127 Å². The zero-order valence-corrected chi connectivity index (χ0v) is 23.6. The average Bonchev–Trinajstić information content (AvgIpc) is 3.53. The first kappa shape index (κ1) is 26.9. The molecular formula is C35H30ClNO4. The van der Waals surface area contributed by atoms with E-state index >= 15 is 0 Å². The highest BCUT2D eigenvalue weighted by Crippen LogP contribution is 2.66. The van der Waals surface area contributed by atoms with Gasteiger partial charge < -0.3 is 14.4 Å². The van der Waals surface area contributed by atoms with Crippen LogP contribution in [0.3, 0.4) is 0 Å². The van der Waals surface area contributed by atoms with Crippen molar-refractivity contribution in [3.05, 3.63) is 149 Å². The minimum absolute atomic E-state index is 0.309. The number of para-hydroxylation sites is 1. The van der Waals surface area contributed by atoms with Crippen LogP contribution in [0.25, 0.3) is 0 Å². The van der Waals surface area contributed by atoms with Crippen LogP contribution in [0.2, 0.25) is 5.02 Å². The van der Waals surface area contributed by atoms with Gasteiger partial charge in [0.15, 0.2) is 5.54 Å². The van der Waals surface area contributed by atoms with Gasteiger partial charge in [-0.05, 0) is 41.0 Å². The lowest BCUT2D eigenvalue weighted by atomic mass is 9.70. The number of anilines is 1. The summed E-state index contributed by atoms with van der Waals surface area (Å²) in [5.41, 5.74) is 2.91. The second kappa shape index (κ2) is 10.9. The van der Waals surface area contributed by atoms with Crippen LogP contribution in [0.4, 0.5) is 5.69 Å². The summed E-state index contributed by atoms with van der Waals surface area (Å²) in [7, 11) is 2.81. The van der Waals surface area contributed by atoms with E-state index in [2.05, 4.69) is 17.0 Å². The topological polar surface area (TPSA) is 55.8 Å². The van der Waals surface area contributed by atoms with Crippen molar-refractivity contribution < 1.29 is 19.1 Å². The number of halogens is 1. The molecule has 41 heavy (non-hydrogen) atoms. The quantitative estimate of drug-likeness (QED) is 0.234. The van der Waals surface area contributed by atoms with Gasteiger partial charge in [0.2, 0.25) is 0 Å². The fraction of sp³-hybridized carbons (Fsp3) is 0.200. The molecule has 0 saturated carbocycles. The molecule has 0 N–H and O–H groups in total. The van der Waals surface area contributed by atoms with Crippen LogP contribution >= 0.6 is 11.6 Å². The summed E-state index contributed by atoms with van der Waals surface area (Å²) >= 11 is 6.35. The Bertz CT molecular complexity index is 1570. The second-order valence-electron chi connectivity index (χ2n) is 10.4. The van der Waals surface area contributed by atoms with E-state index in [1.54, 1.807) is 0 Å². The Morgan fingerprint density at radius 2 is 1.27 bits per heavy atom. The van der Waals surface area contributed by atoms with Crippen molar-refractivity contribution in [3.63, 3.8) is 0 Å². The van der Waals surface area contributed by atoms with E-state index < -0.39 is 29.3 Å². The number of ether oxygens (including phenoxy) is 2. The fourth-order valence-electron chi connectivity index (χ4n) is 7.05. The number of esters is 2. The molecule has 1 fully saturated rings. The smallest absolute Gasteiger partial charge is 0.333 e. The summed E-state index contributed by atoms with van der Waals surface area (Å²) in [6.07, 6.45) is 1.92. The molecule has 5 nitrogen and oxygen atoms in total. The zero-order valence-electron chi connectivity index (χ0n) is 22.8. The predicted octanol–water partition coefficient (Wildman–Crippen LogP) is 7.11. The number of hydrogen-bond donors (Lipinski definition) is 0. The maximum Gasteiger partial charge on any atom is 0.333 e. The monoisotopic (exact) mass is 563 g/mol. The SMILES string of the molecule is COC(=O)C1=C[C@H](c2ccccc2)[C@]2(C(=O)OC)C1[C@@H](c1ccccc1)[C@H](c1ccc(Cl)cc1)N2c1ccccc1. The van der Waals surface area contributed by atoms with E-state index in [-0.39, 0.29) is 12.0 Å². The van der Waals surface area contributed by atoms with Crippen molar-refractivity contribution in [1.82, 2.24) is 0 Å². The number of methoxy groups -OCH3 is 2. The molecule has 1 saturated heterocycles. The van der Waals surface area contributed by atoms with Crippen molar-refractivity contribution >= 4 is 29.2 Å². The first-order valence-corrected chi connectivity index (χ1v) is 14.0. The van der Waals surface area contributed by atoms with Crippen LogP contribution in [-0.2, 0) is 19.1 Å². The fourth-order valence-corrected chi connectivity index (χ4v) is 7.18. The molecule has 0 amide bonds. The van der Waals surface area contributed by atoms with E-state index in [4.69, 9.17) is 21.1 Å². The summed E-state index contributed by atoms with van der Waals surface area (Å²) in [5, 5.41) is 0.620. The number of rotatable bonds is 6. The van der Waals surface area contributed by atoms with Crippen LogP contribution in [0.1, 0.15) is 34.6 Å². The van der Waals surface area contributed by atoms with Gasteiger partial charge in [-0.25, -0.2) is 9.59 Å². The van der Waals surface area contributed by atoms with Crippen LogP contribution in [0.5, 0.6) is 0 Å². The molecule has 4 aromatic carbocycles. The molecule has 6 heteroatoms. The highest BCUT2D eigenvalue weighted by molar-refractivity contribution is 6.30. The molecule has 1 heterocycles. The zero-order chi connectivity index (χ0) is 28.6. The molecule has 4 aromatic rings. The lowest BCUT2D eigenvalue weighted by molar-refractivity contribution is -0.148. The third kappa shape index (κ3) is 4.23. The average molecular weight is 564 g/mol. The minimum Gasteiger partial charge on any atom is -0.467 e. The van der Waals surface area contributed by atoms with Gasteiger partial charge in [-0.15, -0.1) is 0 Å². The van der Waals surface area contributed by atoms with E-state index in [9.17, 15) is 9.59 Å². The van der Waals surface area contributed by atoms with Gasteiger partial charge in [0.1, 0.15) is 0 Å². The first-order valence-electron chi connectivity index (χ1n) is 13.6. The molecule has 0 radical (unpaired) electrons. The number of hydrogen-bond acceptors (Lipinski definition) is 5. The summed E-state index contributed by atoms with van der Waals surface area (Å²) in [5.74, 6) is -2.26. The van der Waals surface area contributed by atoms with Crippen molar-refractivity contribution in [2.24, 2.45) is 5.92 Å². The predicted molar refractivity (Wildman–Crippen MR) is 160 cm³/mol. The molecule has 0 spiro atoms. The van der Waals surface area contributed by atoms with Crippen molar-refractivity contribution in [2.45, 2.75) is 23.4 Å². The third-order valence-electron chi connectivity index (χ3n) is 8.53. The van der Waals surface area contributed by atoms with E-state index in [1.807, 2.05) is 109 Å². The van der Waals surface area contributed by atoms with E-state index in [0.29, 0.717) is 10.6 Å². The van der Waals surface area contributed by atoms with Gasteiger partial charge in [-0.2, -0.15) is 0 Å². The summed E-state index contributed by atoms with van der Waals surface area (Å²) in [6.45, 7) is 0. The molecule has 1 aliphatic carbocycles. The van der Waals surface area contributed by atoms with Crippen molar-refractivity contribution in [3.8, 4) is 0 Å². The number of benzene rings is 4. The van der Waals surface area contributed by atoms with Gasteiger partial charge >= 0.3 is 11.9 Å². The minimum atomic E-state index is -1.30. The third-order valence-corrected chi connectivity index (χ3v) is 8.78. The van der Waals surface area contributed by atoms with Crippen molar-refractivity contribution in [2.75, 3.05) is 19.1 Å². The van der Waals surface area contributed by atoms with Gasteiger partial charge in [0, 0.05) is 34.0 Å². The Labute approximate surface area is 245 Å². The number of carbonyl (C=O) groups is 2. The molecule has 206 valence electrons. The molecule has 1 unspecified atom stereocenters. The normalized spacial score (nSPS) is 24.9. The number of fused-ring (bicyclic) bond motifs is 1. The van der Waals surface area contributed by atoms with Gasteiger partial charge in [-0.3, -0.25) is 0 Å². The highest BCUT2D eigenvalue weighted by Gasteiger charge is 2.71. The van der Waals surface area contributed by atoms with Crippen LogP contribution in [-0.4, -0.2) is 31.7 Å². The van der Waals surface area contributed by atoms with E-state index in [0.717, 1.165) is 22.4 Å². The molecule has 1 aliphatic heterocycles. The molecule has 5 atom stereocenters. The van der Waals surface area contributed by atoms with Crippen LogP contribution < -0.4 is 4.90 Å². The molecule has 0 bridgehead atoms. The van der Waals surface area contributed by atoms with Gasteiger partial charge in [-0.1, -0.05) is 109 Å². The lowest BCUT2D eigenvalue weighted by Crippen LogP contribution is -2.58. The first-order chi connectivity index (χ1) is 20.0. The highest BCUT2D eigenvalue weighted by atomic mass is 35.5. The maximum atomic E-state index is 14.6. The standard InChI is InChI=1S/C35H30ClNO4/c1-40-33(38)28-22-29(23-12-6-3-7-13-23)35(34(39)41-2)31(28)30(24-14-8-4-9-15-24)32(25-18-20-26(36)21-19-25)37(35)27-16-10-5-11-17-27/h3-22,29-32H,1-2H3/t29-,30-,31?,32+,35-/m1/s1. The number of nitrogens with zero attached hydrogens (tertiary/aromatic N) is 1. The summed E-state index contributed by atoms with van der Waals surface area (Å²) in [6, 6.07) is 37.2. The van der Waals surface area contributed by atoms with Crippen LogP contribution in [0, 0.1) is 5.92 Å². The maximum absolute atomic E-state index is 14.6. The molecular weight excluding hydrogens is 534 g/mol. The Morgan fingerprint density at radius 3 is 1.83 bits per heavy atom. The molecule has 0 aromatic heterocycles. The Balaban J connectivity index is 1.75. The number of carbonyl (C=O) groups excluding carboxylic acids is 2. The second-order valence-corrected chi connectivity index (χ2v) is 10.9. The summed E-state index contributed by atoms with van der Waals surface area (Å²) < 4.78 is 11.1. The van der Waals surface area contributed by atoms with Gasteiger partial charge in [0.25, 0.3) is 0 Å². The molecule has 2 aliphatic rings. The Hall–Kier alpha value is -4.35. The summed E-state index contributed by atoms with van der Waals surface area (Å²) in [4.78, 5) is 30.4. The Kier molecular flexibility index (Phi) is 7.14. The van der Waals surface area contributed by atoms with E-state index in [1.165, 1.54) is 14.2 Å². The van der Waals surface area contributed by atoms with Crippen molar-refractivity contribution in [1.29, 1.82) is 0 Å². The largest absolute Gasteiger partial charge is 0.467 e. The lowest BCUT2D eigenvalue weighted by Gasteiger charge is -2.44. The Morgan fingerprint density at radius 1 is 0.707 bits per heavy atom. The molecule has 6 rings (SSSR count). The van der Waals surface area contributed by atoms with Gasteiger partial charge in [0.05, 0.1) is 20.3 Å².